The number of benzene rings is 1. The number of hydrogen-bond acceptors (Lipinski definition) is 6. The molecule has 4 heterocycles. The highest BCUT2D eigenvalue weighted by Crippen LogP contribution is 2.29. The van der Waals surface area contributed by atoms with Gasteiger partial charge in [-0.2, -0.15) is 5.10 Å². The molecule has 0 unspecified atom stereocenters. The van der Waals surface area contributed by atoms with Crippen LogP contribution in [-0.2, 0) is 11.3 Å². The molecule has 8 nitrogen and oxygen atoms in total. The van der Waals surface area contributed by atoms with Crippen LogP contribution in [-0.4, -0.2) is 64.2 Å². The Labute approximate surface area is 185 Å². The summed E-state index contributed by atoms with van der Waals surface area (Å²) in [6.45, 7) is 6.34. The van der Waals surface area contributed by atoms with Gasteiger partial charge in [0.25, 0.3) is 0 Å². The minimum atomic E-state index is -0.217. The molecule has 0 aliphatic carbocycles. The van der Waals surface area contributed by atoms with Crippen LogP contribution in [0.15, 0.2) is 42.9 Å². The van der Waals surface area contributed by atoms with Crippen LogP contribution >= 0.6 is 0 Å². The van der Waals surface area contributed by atoms with E-state index < -0.39 is 0 Å². The van der Waals surface area contributed by atoms with E-state index in [4.69, 9.17) is 14.8 Å². The molecule has 9 heteroatoms. The van der Waals surface area contributed by atoms with Crippen LogP contribution < -0.4 is 10.2 Å². The van der Waals surface area contributed by atoms with Crippen molar-refractivity contribution in [3.05, 3.63) is 54.2 Å². The number of morpholine rings is 1. The summed E-state index contributed by atoms with van der Waals surface area (Å²) < 4.78 is 23.1. The number of ether oxygens (including phenoxy) is 1. The Morgan fingerprint density at radius 1 is 1.16 bits per heavy atom. The second-order valence-corrected chi connectivity index (χ2v) is 7.92. The predicted octanol–water partition coefficient (Wildman–Crippen LogP) is 2.79. The number of imidazole rings is 1. The van der Waals surface area contributed by atoms with Gasteiger partial charge >= 0.3 is 0 Å². The largest absolute Gasteiger partial charge is 0.378 e. The molecular weight excluding hydrogens is 409 g/mol. The van der Waals surface area contributed by atoms with Crippen LogP contribution in [0, 0.1) is 12.7 Å². The van der Waals surface area contributed by atoms with Crippen LogP contribution in [0.5, 0.6) is 0 Å². The smallest absolute Gasteiger partial charge is 0.164 e. The second kappa shape index (κ2) is 8.68. The fourth-order valence-electron chi connectivity index (χ4n) is 3.97. The molecule has 1 aliphatic rings. The summed E-state index contributed by atoms with van der Waals surface area (Å²) in [5.74, 6) is 0.501. The van der Waals surface area contributed by atoms with E-state index >= 15 is 0 Å². The highest BCUT2D eigenvalue weighted by atomic mass is 19.1. The summed E-state index contributed by atoms with van der Waals surface area (Å²) in [6.07, 6.45) is 3.73. The van der Waals surface area contributed by atoms with E-state index in [2.05, 4.69) is 19.8 Å². The Bertz CT molecular complexity index is 1240. The first-order valence-electron chi connectivity index (χ1n) is 10.8. The van der Waals surface area contributed by atoms with E-state index in [9.17, 15) is 4.39 Å². The molecular formula is C23H26FN7O. The minimum Gasteiger partial charge on any atom is -0.378 e. The van der Waals surface area contributed by atoms with Crippen molar-refractivity contribution in [1.82, 2.24) is 29.6 Å². The minimum absolute atomic E-state index is 0.217. The molecule has 0 radical (unpaired) electrons. The normalized spacial score (nSPS) is 14.4. The Balaban J connectivity index is 1.58. The van der Waals surface area contributed by atoms with Gasteiger partial charge in [-0.25, -0.2) is 19.0 Å². The third kappa shape index (κ3) is 3.85. The number of hydrogen-bond donors (Lipinski definition) is 1. The van der Waals surface area contributed by atoms with Gasteiger partial charge in [-0.15, -0.1) is 0 Å². The van der Waals surface area contributed by atoms with Crippen LogP contribution in [0.1, 0.15) is 5.56 Å². The standard InChI is InChI=1S/C23H26FN7O/c1-16-13-17(3-4-18(16)24)19-5-7-31(28-19)21-14-20(29-9-11-32-12-10-29)22-23(27-21)30(15-26-22)8-6-25-2/h3-5,7,13-15,25H,6,8-12H2,1-2H3. The molecule has 0 bridgehead atoms. The lowest BCUT2D eigenvalue weighted by Gasteiger charge is -2.29. The van der Waals surface area contributed by atoms with Gasteiger partial charge < -0.3 is 19.5 Å². The lowest BCUT2D eigenvalue weighted by atomic mass is 10.1. The van der Waals surface area contributed by atoms with Crippen molar-refractivity contribution in [2.45, 2.75) is 13.5 Å². The maximum Gasteiger partial charge on any atom is 0.164 e. The molecule has 3 aromatic heterocycles. The Kier molecular flexibility index (Phi) is 5.59. The summed E-state index contributed by atoms with van der Waals surface area (Å²) in [5, 5.41) is 7.91. The number of anilines is 1. The van der Waals surface area contributed by atoms with Gasteiger partial charge in [0.05, 0.1) is 30.9 Å². The van der Waals surface area contributed by atoms with Crippen molar-refractivity contribution in [3.63, 3.8) is 0 Å². The second-order valence-electron chi connectivity index (χ2n) is 7.92. The summed E-state index contributed by atoms with van der Waals surface area (Å²) in [7, 11) is 1.93. The average Bonchev–Trinajstić information content (AvgIpc) is 3.47. The summed E-state index contributed by atoms with van der Waals surface area (Å²) in [6, 6.07) is 8.99. The summed E-state index contributed by atoms with van der Waals surface area (Å²) in [5.41, 5.74) is 4.98. The Hall–Kier alpha value is -3.30. The van der Waals surface area contributed by atoms with Crippen LogP contribution in [0.25, 0.3) is 28.2 Å². The number of nitrogens with zero attached hydrogens (tertiary/aromatic N) is 6. The Morgan fingerprint density at radius 2 is 2.00 bits per heavy atom. The molecule has 1 N–H and O–H groups in total. The summed E-state index contributed by atoms with van der Waals surface area (Å²) >= 11 is 0. The van der Waals surface area contributed by atoms with E-state index in [1.165, 1.54) is 6.07 Å². The lowest BCUT2D eigenvalue weighted by Crippen LogP contribution is -2.36. The average molecular weight is 436 g/mol. The molecule has 0 atom stereocenters. The number of pyridine rings is 1. The summed E-state index contributed by atoms with van der Waals surface area (Å²) in [4.78, 5) is 11.9. The molecule has 0 saturated carbocycles. The zero-order valence-electron chi connectivity index (χ0n) is 18.3. The Morgan fingerprint density at radius 3 is 2.78 bits per heavy atom. The first kappa shape index (κ1) is 20.6. The monoisotopic (exact) mass is 435 g/mol. The van der Waals surface area contributed by atoms with Crippen molar-refractivity contribution >= 4 is 16.9 Å². The third-order valence-corrected chi connectivity index (χ3v) is 5.77. The zero-order valence-corrected chi connectivity index (χ0v) is 18.3. The highest BCUT2D eigenvalue weighted by molar-refractivity contribution is 5.87. The van der Waals surface area contributed by atoms with Gasteiger partial charge in [0, 0.05) is 44.0 Å². The number of likely N-dealkylation sites (N-methyl/N-ethyl adjacent to an activating group) is 1. The molecule has 32 heavy (non-hydrogen) atoms. The maximum atomic E-state index is 13.7. The topological polar surface area (TPSA) is 73.0 Å². The van der Waals surface area contributed by atoms with Gasteiger partial charge in [0.2, 0.25) is 0 Å². The van der Waals surface area contributed by atoms with Crippen LogP contribution in [0.2, 0.25) is 0 Å². The zero-order chi connectivity index (χ0) is 22.1. The molecule has 4 aromatic rings. The SMILES string of the molecule is CNCCn1cnc2c(N3CCOCC3)cc(-n3ccc(-c4ccc(F)c(C)c4)n3)nc21. The van der Waals surface area contributed by atoms with E-state index in [0.29, 0.717) is 18.8 Å². The number of halogens is 1. The molecule has 0 amide bonds. The first-order chi connectivity index (χ1) is 15.6. The third-order valence-electron chi connectivity index (χ3n) is 5.77. The van der Waals surface area contributed by atoms with Gasteiger partial charge in [-0.05, 0) is 43.8 Å². The first-order valence-corrected chi connectivity index (χ1v) is 10.8. The van der Waals surface area contributed by atoms with Crippen molar-refractivity contribution in [2.75, 3.05) is 44.8 Å². The van der Waals surface area contributed by atoms with Gasteiger partial charge in [0.15, 0.2) is 11.5 Å². The van der Waals surface area contributed by atoms with Crippen molar-refractivity contribution in [3.8, 4) is 17.1 Å². The van der Waals surface area contributed by atoms with Crippen molar-refractivity contribution < 1.29 is 9.13 Å². The number of nitrogens with one attached hydrogen (secondary N) is 1. The van der Waals surface area contributed by atoms with E-state index in [1.54, 1.807) is 17.7 Å². The van der Waals surface area contributed by atoms with Crippen molar-refractivity contribution in [1.29, 1.82) is 0 Å². The highest BCUT2D eigenvalue weighted by Gasteiger charge is 2.20. The number of aryl methyl sites for hydroxylation is 1. The molecule has 1 aliphatic heterocycles. The predicted molar refractivity (Wildman–Crippen MR) is 122 cm³/mol. The molecule has 1 fully saturated rings. The number of rotatable bonds is 6. The van der Waals surface area contributed by atoms with E-state index in [1.807, 2.05) is 37.8 Å². The molecule has 1 aromatic carbocycles. The van der Waals surface area contributed by atoms with E-state index in [0.717, 1.165) is 60.1 Å². The maximum absolute atomic E-state index is 13.7. The fraction of sp³-hybridized carbons (Fsp3) is 0.348. The van der Waals surface area contributed by atoms with Crippen LogP contribution in [0.4, 0.5) is 10.1 Å². The van der Waals surface area contributed by atoms with Gasteiger partial charge in [0.1, 0.15) is 11.3 Å². The van der Waals surface area contributed by atoms with E-state index in [-0.39, 0.29) is 5.82 Å². The molecule has 1 saturated heterocycles. The molecule has 0 spiro atoms. The van der Waals surface area contributed by atoms with Gasteiger partial charge in [-0.1, -0.05) is 0 Å². The van der Waals surface area contributed by atoms with Crippen molar-refractivity contribution in [2.24, 2.45) is 0 Å². The van der Waals surface area contributed by atoms with Gasteiger partial charge in [-0.3, -0.25) is 0 Å². The number of aromatic nitrogens is 5. The number of fused-ring (bicyclic) bond motifs is 1. The lowest BCUT2D eigenvalue weighted by molar-refractivity contribution is 0.123. The molecule has 5 rings (SSSR count). The quantitative estimate of drug-likeness (QED) is 0.502. The fourth-order valence-corrected chi connectivity index (χ4v) is 3.97. The molecule has 166 valence electrons. The van der Waals surface area contributed by atoms with Crippen LogP contribution in [0.3, 0.4) is 0 Å².